The predicted octanol–water partition coefficient (Wildman–Crippen LogP) is 2.04. The second kappa shape index (κ2) is 6.75. The van der Waals surface area contributed by atoms with Crippen molar-refractivity contribution in [1.82, 2.24) is 0 Å². The molecule has 2 rings (SSSR count). The summed E-state index contributed by atoms with van der Waals surface area (Å²) in [5, 5.41) is 14.7. The molecule has 0 aliphatic carbocycles. The molecule has 1 aliphatic heterocycles. The fourth-order valence-corrected chi connectivity index (χ4v) is 2.51. The fraction of sp³-hybridized carbons (Fsp3) is 0.385. The van der Waals surface area contributed by atoms with Crippen LogP contribution in [0.4, 0.5) is 11.4 Å². The molecule has 1 saturated heterocycles. The third-order valence-corrected chi connectivity index (χ3v) is 3.49. The number of nitrogens with zero attached hydrogens (tertiary/aromatic N) is 5. The van der Waals surface area contributed by atoms with Gasteiger partial charge in [-0.15, -0.1) is 0 Å². The van der Waals surface area contributed by atoms with Crippen molar-refractivity contribution in [3.8, 4) is 0 Å². The first-order valence-electron chi connectivity index (χ1n) is 6.66. The lowest BCUT2D eigenvalue weighted by Gasteiger charge is -2.19. The number of carbonyl (C=O) groups is 2. The average molecular weight is 319 g/mol. The first-order valence-corrected chi connectivity index (χ1v) is 6.66. The quantitative estimate of drug-likeness (QED) is 0.204. The van der Waals surface area contributed by atoms with E-state index in [0.29, 0.717) is 0 Å². The second-order valence-electron chi connectivity index (χ2n) is 4.91. The Morgan fingerprint density at radius 2 is 2.35 bits per heavy atom. The zero-order chi connectivity index (χ0) is 17.0. The zero-order valence-corrected chi connectivity index (χ0v) is 12.2. The summed E-state index contributed by atoms with van der Waals surface area (Å²) in [4.78, 5) is 38.5. The van der Waals surface area contributed by atoms with Gasteiger partial charge in [0.05, 0.1) is 17.6 Å². The lowest BCUT2D eigenvalue weighted by Crippen LogP contribution is -2.28. The Hall–Kier alpha value is -3.13. The van der Waals surface area contributed by atoms with Crippen molar-refractivity contribution >= 4 is 23.3 Å². The third-order valence-electron chi connectivity index (χ3n) is 3.49. The number of carbonyl (C=O) groups excluding carboxylic acids is 2. The average Bonchev–Trinajstić information content (AvgIpc) is 2.91. The van der Waals surface area contributed by atoms with Crippen LogP contribution in [0.5, 0.6) is 0 Å². The molecule has 0 saturated carbocycles. The molecule has 1 fully saturated rings. The molecule has 23 heavy (non-hydrogen) atoms. The lowest BCUT2D eigenvalue weighted by molar-refractivity contribution is -0.384. The SMILES string of the molecule is COC(=O)c1cccc([N+](=O)[O-])c1N1CC(CN=[N+]=[N-])CC1=O. The summed E-state index contributed by atoms with van der Waals surface area (Å²) in [6.45, 7) is 0.236. The molecule has 1 aliphatic rings. The Morgan fingerprint density at radius 1 is 1.61 bits per heavy atom. The maximum absolute atomic E-state index is 12.2. The Labute approximate surface area is 130 Å². The van der Waals surface area contributed by atoms with Crippen LogP contribution in [0.15, 0.2) is 23.3 Å². The first-order chi connectivity index (χ1) is 11.0. The topological polar surface area (TPSA) is 139 Å². The van der Waals surface area contributed by atoms with E-state index in [1.807, 2.05) is 0 Å². The van der Waals surface area contributed by atoms with Crippen molar-refractivity contribution in [3.63, 3.8) is 0 Å². The summed E-state index contributed by atoms with van der Waals surface area (Å²) in [7, 11) is 1.15. The number of azide groups is 1. The van der Waals surface area contributed by atoms with E-state index >= 15 is 0 Å². The van der Waals surface area contributed by atoms with Crippen molar-refractivity contribution in [1.29, 1.82) is 0 Å². The van der Waals surface area contributed by atoms with Crippen molar-refractivity contribution in [2.45, 2.75) is 6.42 Å². The van der Waals surface area contributed by atoms with Crippen LogP contribution < -0.4 is 4.90 Å². The number of nitro benzene ring substituents is 1. The molecule has 1 atom stereocenters. The lowest BCUT2D eigenvalue weighted by atomic mass is 10.1. The number of rotatable bonds is 5. The number of hydrogen-bond acceptors (Lipinski definition) is 6. The van der Waals surface area contributed by atoms with E-state index < -0.39 is 10.9 Å². The normalized spacial score (nSPS) is 16.8. The van der Waals surface area contributed by atoms with Crippen LogP contribution >= 0.6 is 0 Å². The summed E-state index contributed by atoms with van der Waals surface area (Å²) < 4.78 is 4.63. The highest BCUT2D eigenvalue weighted by molar-refractivity contribution is 6.06. The number of para-hydroxylation sites is 1. The molecule has 1 unspecified atom stereocenters. The summed E-state index contributed by atoms with van der Waals surface area (Å²) >= 11 is 0. The smallest absolute Gasteiger partial charge is 0.340 e. The molecule has 10 nitrogen and oxygen atoms in total. The van der Waals surface area contributed by atoms with E-state index in [4.69, 9.17) is 5.53 Å². The molecular formula is C13H13N5O5. The minimum absolute atomic E-state index is 0.0560. The van der Waals surface area contributed by atoms with E-state index in [1.165, 1.54) is 23.1 Å². The van der Waals surface area contributed by atoms with Crippen LogP contribution in [0, 0.1) is 16.0 Å². The van der Waals surface area contributed by atoms with Crippen molar-refractivity contribution in [3.05, 3.63) is 44.3 Å². The highest BCUT2D eigenvalue weighted by atomic mass is 16.6. The molecular weight excluding hydrogens is 306 g/mol. The van der Waals surface area contributed by atoms with Crippen LogP contribution in [0.25, 0.3) is 10.4 Å². The standard InChI is InChI=1S/C13H13N5O5/c1-23-13(20)9-3-2-4-10(18(21)22)12(9)17-7-8(5-11(17)19)6-15-16-14/h2-4,8H,5-7H2,1H3. The van der Waals surface area contributed by atoms with E-state index in [2.05, 4.69) is 14.8 Å². The van der Waals surface area contributed by atoms with Gasteiger partial charge < -0.3 is 9.64 Å². The van der Waals surface area contributed by atoms with Crippen LogP contribution in [-0.4, -0.2) is 37.0 Å². The van der Waals surface area contributed by atoms with E-state index in [1.54, 1.807) is 0 Å². The Bertz CT molecular complexity index is 713. The molecule has 0 aromatic heterocycles. The van der Waals surface area contributed by atoms with Gasteiger partial charge in [-0.2, -0.15) is 0 Å². The molecule has 120 valence electrons. The minimum atomic E-state index is -0.769. The molecule has 10 heteroatoms. The molecule has 0 spiro atoms. The number of hydrogen-bond donors (Lipinski definition) is 0. The third kappa shape index (κ3) is 3.22. The van der Waals surface area contributed by atoms with Gasteiger partial charge in [-0.3, -0.25) is 14.9 Å². The summed E-state index contributed by atoms with van der Waals surface area (Å²) in [6, 6.07) is 3.93. The van der Waals surface area contributed by atoms with Gasteiger partial charge in [-0.1, -0.05) is 11.2 Å². The molecule has 0 bridgehead atoms. The number of esters is 1. The van der Waals surface area contributed by atoms with Gasteiger partial charge in [0.1, 0.15) is 5.69 Å². The second-order valence-corrected chi connectivity index (χ2v) is 4.91. The van der Waals surface area contributed by atoms with Crippen molar-refractivity contribution in [2.24, 2.45) is 11.0 Å². The number of benzene rings is 1. The number of nitro groups is 1. The summed E-state index contributed by atoms with van der Waals surface area (Å²) in [5.41, 5.74) is 7.85. The van der Waals surface area contributed by atoms with Gasteiger partial charge in [-0.25, -0.2) is 4.79 Å². The van der Waals surface area contributed by atoms with Gasteiger partial charge >= 0.3 is 5.97 Å². The van der Waals surface area contributed by atoms with Crippen LogP contribution in [0.3, 0.4) is 0 Å². The maximum atomic E-state index is 12.2. The number of amides is 1. The molecule has 1 aromatic carbocycles. The largest absolute Gasteiger partial charge is 0.465 e. The van der Waals surface area contributed by atoms with Gasteiger partial charge in [0, 0.05) is 30.5 Å². The molecule has 0 radical (unpaired) electrons. The van der Waals surface area contributed by atoms with Gasteiger partial charge in [-0.05, 0) is 17.5 Å². The van der Waals surface area contributed by atoms with Crippen LogP contribution in [0.2, 0.25) is 0 Å². The molecule has 0 N–H and O–H groups in total. The number of ether oxygens (including phenoxy) is 1. The molecule has 1 aromatic rings. The van der Waals surface area contributed by atoms with E-state index in [-0.39, 0.29) is 48.3 Å². The highest BCUT2D eigenvalue weighted by Gasteiger charge is 2.36. The van der Waals surface area contributed by atoms with Crippen molar-refractivity contribution in [2.75, 3.05) is 25.1 Å². The Balaban J connectivity index is 2.48. The monoisotopic (exact) mass is 319 g/mol. The maximum Gasteiger partial charge on any atom is 0.340 e. The molecule has 1 amide bonds. The Morgan fingerprint density at radius 3 is 2.96 bits per heavy atom. The van der Waals surface area contributed by atoms with Crippen LogP contribution in [-0.2, 0) is 9.53 Å². The van der Waals surface area contributed by atoms with Crippen molar-refractivity contribution < 1.29 is 19.2 Å². The minimum Gasteiger partial charge on any atom is -0.465 e. The first kappa shape index (κ1) is 16.2. The van der Waals surface area contributed by atoms with Crippen LogP contribution in [0.1, 0.15) is 16.8 Å². The highest BCUT2D eigenvalue weighted by Crippen LogP contribution is 2.36. The Kier molecular flexibility index (Phi) is 4.77. The molecule has 1 heterocycles. The number of anilines is 1. The fourth-order valence-electron chi connectivity index (χ4n) is 2.51. The predicted molar refractivity (Wildman–Crippen MR) is 78.9 cm³/mol. The summed E-state index contributed by atoms with van der Waals surface area (Å²) in [5.74, 6) is -1.40. The zero-order valence-electron chi connectivity index (χ0n) is 12.2. The van der Waals surface area contributed by atoms with E-state index in [0.717, 1.165) is 7.11 Å². The van der Waals surface area contributed by atoms with Gasteiger partial charge in [0.15, 0.2) is 0 Å². The number of methoxy groups -OCH3 is 1. The van der Waals surface area contributed by atoms with Gasteiger partial charge in [0.25, 0.3) is 5.69 Å². The van der Waals surface area contributed by atoms with E-state index in [9.17, 15) is 19.7 Å². The summed E-state index contributed by atoms with van der Waals surface area (Å²) in [6.07, 6.45) is 0.0890. The van der Waals surface area contributed by atoms with Gasteiger partial charge in [0.2, 0.25) is 5.91 Å².